The number of aliphatic hydroxyl groups excluding tert-OH is 1. The highest BCUT2D eigenvalue weighted by Crippen LogP contribution is 2.36. The summed E-state index contributed by atoms with van der Waals surface area (Å²) in [5, 5.41) is 10.2. The van der Waals surface area contributed by atoms with Gasteiger partial charge >= 0.3 is 0 Å². The van der Waals surface area contributed by atoms with E-state index in [4.69, 9.17) is 21.1 Å². The summed E-state index contributed by atoms with van der Waals surface area (Å²) >= 11 is 6.37. The van der Waals surface area contributed by atoms with Crippen LogP contribution >= 0.6 is 11.6 Å². The van der Waals surface area contributed by atoms with Crippen LogP contribution in [0.5, 0.6) is 11.5 Å². The lowest BCUT2D eigenvalue weighted by Gasteiger charge is -2.41. The van der Waals surface area contributed by atoms with Crippen LogP contribution in [0.1, 0.15) is 23.1 Å². The molecule has 1 saturated heterocycles. The number of halogens is 1. The highest BCUT2D eigenvalue weighted by molar-refractivity contribution is 6.32. The van der Waals surface area contributed by atoms with Crippen molar-refractivity contribution in [1.82, 2.24) is 9.80 Å². The van der Waals surface area contributed by atoms with Crippen molar-refractivity contribution < 1.29 is 14.6 Å². The van der Waals surface area contributed by atoms with Gasteiger partial charge in [0, 0.05) is 45.4 Å². The number of nitrogens with zero attached hydrogens (tertiary/aromatic N) is 2. The second-order valence-electron chi connectivity index (χ2n) is 7.61. The van der Waals surface area contributed by atoms with Crippen LogP contribution in [-0.4, -0.2) is 61.4 Å². The quantitative estimate of drug-likeness (QED) is 0.707. The molecule has 3 rings (SSSR count). The Hall–Kier alpha value is -1.79. The number of methoxy groups -OCH3 is 2. The minimum Gasteiger partial charge on any atom is -0.493 e. The van der Waals surface area contributed by atoms with E-state index in [0.717, 1.165) is 44.7 Å². The highest BCUT2D eigenvalue weighted by Gasteiger charge is 2.27. The van der Waals surface area contributed by atoms with Crippen molar-refractivity contribution in [3.63, 3.8) is 0 Å². The van der Waals surface area contributed by atoms with Gasteiger partial charge in [-0.2, -0.15) is 0 Å². The molecule has 2 aromatic carbocycles. The molecule has 5 nitrogen and oxygen atoms in total. The Morgan fingerprint density at radius 1 is 1.10 bits per heavy atom. The van der Waals surface area contributed by atoms with Gasteiger partial charge in [0.15, 0.2) is 11.5 Å². The van der Waals surface area contributed by atoms with Gasteiger partial charge in [-0.15, -0.1) is 0 Å². The van der Waals surface area contributed by atoms with E-state index >= 15 is 0 Å². The lowest BCUT2D eigenvalue weighted by Crippen LogP contribution is -2.52. The first-order valence-electron chi connectivity index (χ1n) is 10.1. The van der Waals surface area contributed by atoms with Gasteiger partial charge in [-0.25, -0.2) is 0 Å². The maximum Gasteiger partial charge on any atom is 0.179 e. The number of hydrogen-bond acceptors (Lipinski definition) is 5. The molecule has 0 aliphatic carbocycles. The maximum atomic E-state index is 9.60. The zero-order valence-corrected chi connectivity index (χ0v) is 18.3. The van der Waals surface area contributed by atoms with Crippen molar-refractivity contribution in [3.8, 4) is 11.5 Å². The second-order valence-corrected chi connectivity index (χ2v) is 8.02. The van der Waals surface area contributed by atoms with Crippen LogP contribution in [0.4, 0.5) is 0 Å². The lowest BCUT2D eigenvalue weighted by atomic mass is 10.0. The predicted molar refractivity (Wildman–Crippen MR) is 117 cm³/mol. The molecular formula is C23H31ClN2O3. The van der Waals surface area contributed by atoms with E-state index in [1.165, 1.54) is 11.1 Å². The van der Waals surface area contributed by atoms with Crippen molar-refractivity contribution >= 4 is 11.6 Å². The molecule has 0 aromatic heterocycles. The number of piperazine rings is 1. The molecule has 1 unspecified atom stereocenters. The molecule has 1 aliphatic heterocycles. The second kappa shape index (κ2) is 10.3. The fourth-order valence-corrected chi connectivity index (χ4v) is 4.37. The molecule has 0 spiro atoms. The molecule has 0 bridgehead atoms. The summed E-state index contributed by atoms with van der Waals surface area (Å²) in [6, 6.07) is 12.8. The summed E-state index contributed by atoms with van der Waals surface area (Å²) in [7, 11) is 3.22. The van der Waals surface area contributed by atoms with Crippen LogP contribution in [0.2, 0.25) is 5.02 Å². The number of aryl methyl sites for hydroxylation is 1. The van der Waals surface area contributed by atoms with E-state index in [1.54, 1.807) is 14.2 Å². The third-order valence-electron chi connectivity index (χ3n) is 5.69. The fourth-order valence-electron chi connectivity index (χ4n) is 4.06. The molecule has 6 heteroatoms. The SMILES string of the molecule is COc1cc(CN2CCN(Cc3ccccc3C)C(CCO)C2)cc(Cl)c1OC. The molecule has 29 heavy (non-hydrogen) atoms. The lowest BCUT2D eigenvalue weighted by molar-refractivity contribution is 0.0498. The van der Waals surface area contributed by atoms with Gasteiger partial charge in [-0.3, -0.25) is 9.80 Å². The summed E-state index contributed by atoms with van der Waals surface area (Å²) in [5.74, 6) is 1.22. The van der Waals surface area contributed by atoms with E-state index in [0.29, 0.717) is 22.6 Å². The Morgan fingerprint density at radius 3 is 2.59 bits per heavy atom. The molecule has 2 aromatic rings. The summed E-state index contributed by atoms with van der Waals surface area (Å²) in [4.78, 5) is 4.92. The Labute approximate surface area is 178 Å². The normalized spacial score (nSPS) is 18.0. The number of ether oxygens (including phenoxy) is 2. The van der Waals surface area contributed by atoms with Gasteiger partial charge in [0.25, 0.3) is 0 Å². The molecule has 1 atom stereocenters. The average molecular weight is 419 g/mol. The van der Waals surface area contributed by atoms with Crippen molar-refractivity contribution in [3.05, 3.63) is 58.1 Å². The summed E-state index contributed by atoms with van der Waals surface area (Å²) < 4.78 is 10.8. The third-order valence-corrected chi connectivity index (χ3v) is 5.97. The van der Waals surface area contributed by atoms with Crippen molar-refractivity contribution in [1.29, 1.82) is 0 Å². The number of aliphatic hydroxyl groups is 1. The van der Waals surface area contributed by atoms with Gasteiger partial charge in [-0.05, 0) is 42.2 Å². The molecular weight excluding hydrogens is 388 g/mol. The van der Waals surface area contributed by atoms with E-state index in [9.17, 15) is 5.11 Å². The molecule has 0 saturated carbocycles. The Morgan fingerprint density at radius 2 is 1.90 bits per heavy atom. The highest BCUT2D eigenvalue weighted by atomic mass is 35.5. The Balaban J connectivity index is 1.69. The van der Waals surface area contributed by atoms with Gasteiger partial charge in [0.2, 0.25) is 0 Å². The first-order valence-corrected chi connectivity index (χ1v) is 10.5. The fraction of sp³-hybridized carbons (Fsp3) is 0.478. The Bertz CT molecular complexity index is 815. The monoisotopic (exact) mass is 418 g/mol. The molecule has 0 amide bonds. The van der Waals surface area contributed by atoms with E-state index in [1.807, 2.05) is 12.1 Å². The smallest absolute Gasteiger partial charge is 0.179 e. The summed E-state index contributed by atoms with van der Waals surface area (Å²) in [6.45, 7) is 6.93. The first kappa shape index (κ1) is 21.9. The van der Waals surface area contributed by atoms with Gasteiger partial charge in [-0.1, -0.05) is 35.9 Å². The minimum atomic E-state index is 0.199. The van der Waals surface area contributed by atoms with E-state index < -0.39 is 0 Å². The molecule has 1 fully saturated rings. The van der Waals surface area contributed by atoms with Crippen LogP contribution in [0.3, 0.4) is 0 Å². The van der Waals surface area contributed by atoms with Crippen LogP contribution in [0, 0.1) is 6.92 Å². The van der Waals surface area contributed by atoms with E-state index in [2.05, 4.69) is 41.0 Å². The Kier molecular flexibility index (Phi) is 7.78. The zero-order valence-electron chi connectivity index (χ0n) is 17.5. The van der Waals surface area contributed by atoms with E-state index in [-0.39, 0.29) is 6.61 Å². The van der Waals surface area contributed by atoms with Crippen molar-refractivity contribution in [2.45, 2.75) is 32.5 Å². The molecule has 1 aliphatic rings. The number of hydrogen-bond donors (Lipinski definition) is 1. The topological polar surface area (TPSA) is 45.2 Å². The third kappa shape index (κ3) is 5.43. The van der Waals surface area contributed by atoms with Crippen LogP contribution in [0.15, 0.2) is 36.4 Å². The molecule has 158 valence electrons. The van der Waals surface area contributed by atoms with Gasteiger partial charge < -0.3 is 14.6 Å². The standard InChI is InChI=1S/C23H31ClN2O3/c1-17-6-4-5-7-19(17)15-26-10-9-25(16-20(26)8-11-27)14-18-12-21(24)23(29-3)22(13-18)28-2/h4-7,12-13,20,27H,8-11,14-16H2,1-3H3. The molecule has 1 N–H and O–H groups in total. The van der Waals surface area contributed by atoms with Crippen molar-refractivity contribution in [2.24, 2.45) is 0 Å². The predicted octanol–water partition coefficient (Wildman–Crippen LogP) is 3.73. The maximum absolute atomic E-state index is 9.60. The largest absolute Gasteiger partial charge is 0.493 e. The minimum absolute atomic E-state index is 0.199. The zero-order chi connectivity index (χ0) is 20.8. The van der Waals surface area contributed by atoms with Crippen LogP contribution < -0.4 is 9.47 Å². The number of benzene rings is 2. The summed E-state index contributed by atoms with van der Waals surface area (Å²) in [5.41, 5.74) is 3.77. The van der Waals surface area contributed by atoms with Crippen LogP contribution in [0.25, 0.3) is 0 Å². The van der Waals surface area contributed by atoms with Gasteiger partial charge in [0.05, 0.1) is 19.2 Å². The average Bonchev–Trinajstić information content (AvgIpc) is 2.71. The number of rotatable bonds is 8. The first-order chi connectivity index (χ1) is 14.0. The molecule has 1 heterocycles. The van der Waals surface area contributed by atoms with Crippen molar-refractivity contribution in [2.75, 3.05) is 40.5 Å². The van der Waals surface area contributed by atoms with Gasteiger partial charge in [0.1, 0.15) is 0 Å². The molecule has 0 radical (unpaired) electrons. The van der Waals surface area contributed by atoms with Crippen LogP contribution in [-0.2, 0) is 13.1 Å². The summed E-state index contributed by atoms with van der Waals surface area (Å²) in [6.07, 6.45) is 0.773.